The lowest BCUT2D eigenvalue weighted by Crippen LogP contribution is -2.55. The molecule has 0 spiro atoms. The lowest BCUT2D eigenvalue weighted by Gasteiger charge is -2.52. The summed E-state index contributed by atoms with van der Waals surface area (Å²) in [7, 11) is 1.71. The molecule has 0 radical (unpaired) electrons. The molecule has 4 aliphatic rings. The minimum absolute atomic E-state index is 0.113. The number of hydrogen-bond acceptors (Lipinski definition) is 6. The molecule has 2 heterocycles. The SMILES string of the molecule is COc1ccccc1N1CCN(C[C@@H]2C(=O)O[C@@H]3CC4=CCC[C@@H](C)[C@@]4(C)[C@@H](O)[C@H]23)CC1. The Bertz CT molecular complexity index is 894. The molecule has 1 aromatic rings. The molecule has 3 fully saturated rings. The first-order valence-corrected chi connectivity index (χ1v) is 12.1. The number of anilines is 1. The number of piperazine rings is 1. The van der Waals surface area contributed by atoms with Crippen LogP contribution >= 0.6 is 0 Å². The molecule has 5 rings (SSSR count). The van der Waals surface area contributed by atoms with Gasteiger partial charge in [-0.3, -0.25) is 9.69 Å². The number of benzene rings is 1. The minimum Gasteiger partial charge on any atom is -0.495 e. The zero-order valence-electron chi connectivity index (χ0n) is 19.5. The number of nitrogens with zero attached hydrogens (tertiary/aromatic N) is 2. The molecule has 2 aliphatic heterocycles. The summed E-state index contributed by atoms with van der Waals surface area (Å²) >= 11 is 0. The molecule has 0 bridgehead atoms. The molecule has 6 atom stereocenters. The van der Waals surface area contributed by atoms with Crippen molar-refractivity contribution >= 4 is 11.7 Å². The average molecular weight is 441 g/mol. The predicted molar refractivity (Wildman–Crippen MR) is 124 cm³/mol. The first-order chi connectivity index (χ1) is 15.4. The van der Waals surface area contributed by atoms with E-state index in [2.05, 4.69) is 35.8 Å². The van der Waals surface area contributed by atoms with Crippen LogP contribution in [0.25, 0.3) is 0 Å². The molecule has 6 nitrogen and oxygen atoms in total. The number of aliphatic hydroxyl groups excluding tert-OH is 1. The van der Waals surface area contributed by atoms with Crippen LogP contribution in [0.5, 0.6) is 5.75 Å². The predicted octanol–water partition coefficient (Wildman–Crippen LogP) is 3.10. The monoisotopic (exact) mass is 440 g/mol. The lowest BCUT2D eigenvalue weighted by molar-refractivity contribution is -0.145. The molecule has 0 unspecified atom stereocenters. The Morgan fingerprint density at radius 3 is 2.72 bits per heavy atom. The smallest absolute Gasteiger partial charge is 0.311 e. The molecule has 1 saturated carbocycles. The van der Waals surface area contributed by atoms with Gasteiger partial charge in [0.15, 0.2) is 0 Å². The van der Waals surface area contributed by atoms with Gasteiger partial charge in [0.05, 0.1) is 24.8 Å². The quantitative estimate of drug-likeness (QED) is 0.574. The summed E-state index contributed by atoms with van der Waals surface area (Å²) in [6, 6.07) is 8.13. The van der Waals surface area contributed by atoms with E-state index in [0.29, 0.717) is 12.5 Å². The van der Waals surface area contributed by atoms with Crippen LogP contribution in [0.3, 0.4) is 0 Å². The zero-order chi connectivity index (χ0) is 22.5. The highest BCUT2D eigenvalue weighted by atomic mass is 16.6. The summed E-state index contributed by atoms with van der Waals surface area (Å²) in [6.45, 7) is 8.67. The van der Waals surface area contributed by atoms with Gasteiger partial charge in [-0.05, 0) is 30.9 Å². The Labute approximate surface area is 191 Å². The average Bonchev–Trinajstić information content (AvgIpc) is 3.11. The highest BCUT2D eigenvalue weighted by Crippen LogP contribution is 2.56. The second-order valence-electron chi connectivity index (χ2n) is 10.3. The summed E-state index contributed by atoms with van der Waals surface area (Å²) in [5, 5.41) is 11.6. The first-order valence-electron chi connectivity index (χ1n) is 12.1. The molecule has 6 heteroatoms. The van der Waals surface area contributed by atoms with Gasteiger partial charge in [0.2, 0.25) is 0 Å². The molecule has 1 N–H and O–H groups in total. The van der Waals surface area contributed by atoms with Crippen LogP contribution < -0.4 is 9.64 Å². The number of allylic oxidation sites excluding steroid dienone is 1. The third-order valence-electron chi connectivity index (χ3n) is 8.82. The second kappa shape index (κ2) is 8.38. The summed E-state index contributed by atoms with van der Waals surface area (Å²) in [5.74, 6) is 0.825. The molecule has 174 valence electrons. The summed E-state index contributed by atoms with van der Waals surface area (Å²) in [4.78, 5) is 17.6. The van der Waals surface area contributed by atoms with Gasteiger partial charge in [0.25, 0.3) is 0 Å². The minimum atomic E-state index is -0.533. The number of para-hydroxylation sites is 2. The van der Waals surface area contributed by atoms with E-state index >= 15 is 0 Å². The maximum atomic E-state index is 12.9. The summed E-state index contributed by atoms with van der Waals surface area (Å²) < 4.78 is 11.4. The number of carbonyl (C=O) groups excluding carboxylic acids is 1. The van der Waals surface area contributed by atoms with E-state index in [0.717, 1.165) is 56.9 Å². The number of fused-ring (bicyclic) bond motifs is 2. The van der Waals surface area contributed by atoms with Crippen LogP contribution in [0.2, 0.25) is 0 Å². The topological polar surface area (TPSA) is 62.2 Å². The Morgan fingerprint density at radius 1 is 1.22 bits per heavy atom. The maximum Gasteiger partial charge on any atom is 0.311 e. The van der Waals surface area contributed by atoms with E-state index in [-0.39, 0.29) is 29.3 Å². The largest absolute Gasteiger partial charge is 0.495 e. The third kappa shape index (κ3) is 3.43. The fourth-order valence-electron chi connectivity index (χ4n) is 6.61. The van der Waals surface area contributed by atoms with Crippen LogP contribution in [-0.2, 0) is 9.53 Å². The van der Waals surface area contributed by atoms with Crippen LogP contribution in [0.1, 0.15) is 33.1 Å². The standard InChI is InChI=1S/C26H36N2O4/c1-17-7-6-8-18-15-22-23(24(29)26(17,18)2)19(25(30)32-22)16-27-11-13-28(14-12-27)20-9-4-5-10-21(20)31-3/h4-5,8-10,17,19,22-24,29H,6-7,11-16H2,1-3H3/t17-,19+,22-,23-,24+,26-/m1/s1. The van der Waals surface area contributed by atoms with Gasteiger partial charge in [-0.25, -0.2) is 0 Å². The van der Waals surface area contributed by atoms with Crippen LogP contribution in [-0.4, -0.2) is 68.0 Å². The van der Waals surface area contributed by atoms with Crippen molar-refractivity contribution in [2.45, 2.75) is 45.3 Å². The fraction of sp³-hybridized carbons (Fsp3) is 0.654. The fourth-order valence-corrected chi connectivity index (χ4v) is 6.61. The van der Waals surface area contributed by atoms with Crippen molar-refractivity contribution in [3.63, 3.8) is 0 Å². The van der Waals surface area contributed by atoms with Crippen molar-refractivity contribution in [1.29, 1.82) is 0 Å². The van der Waals surface area contributed by atoms with E-state index in [1.807, 2.05) is 18.2 Å². The van der Waals surface area contributed by atoms with Crippen molar-refractivity contribution < 1.29 is 19.4 Å². The Balaban J connectivity index is 1.28. The third-order valence-corrected chi connectivity index (χ3v) is 8.82. The molecule has 32 heavy (non-hydrogen) atoms. The maximum absolute atomic E-state index is 12.9. The van der Waals surface area contributed by atoms with E-state index in [1.54, 1.807) is 7.11 Å². The van der Waals surface area contributed by atoms with Gasteiger partial charge in [-0.2, -0.15) is 0 Å². The van der Waals surface area contributed by atoms with Gasteiger partial charge >= 0.3 is 5.97 Å². The van der Waals surface area contributed by atoms with Gasteiger partial charge in [0.1, 0.15) is 11.9 Å². The van der Waals surface area contributed by atoms with Crippen LogP contribution in [0.4, 0.5) is 5.69 Å². The van der Waals surface area contributed by atoms with E-state index in [9.17, 15) is 9.90 Å². The number of rotatable bonds is 4. The highest BCUT2D eigenvalue weighted by molar-refractivity contribution is 5.76. The molecule has 1 aromatic carbocycles. The van der Waals surface area contributed by atoms with Crippen LogP contribution in [0, 0.1) is 23.2 Å². The lowest BCUT2D eigenvalue weighted by atomic mass is 9.55. The van der Waals surface area contributed by atoms with E-state index < -0.39 is 6.10 Å². The first kappa shape index (κ1) is 21.8. The molecule has 0 aromatic heterocycles. The zero-order valence-corrected chi connectivity index (χ0v) is 19.5. The summed E-state index contributed by atoms with van der Waals surface area (Å²) in [6.07, 6.45) is 4.52. The number of hydrogen-bond donors (Lipinski definition) is 1. The number of methoxy groups -OCH3 is 1. The van der Waals surface area contributed by atoms with Crippen molar-refractivity contribution in [2.24, 2.45) is 23.2 Å². The normalized spacial score (nSPS) is 37.4. The van der Waals surface area contributed by atoms with Crippen LogP contribution in [0.15, 0.2) is 35.9 Å². The van der Waals surface area contributed by atoms with Gasteiger partial charge < -0.3 is 19.5 Å². The van der Waals surface area contributed by atoms with Gasteiger partial charge in [-0.15, -0.1) is 0 Å². The van der Waals surface area contributed by atoms with E-state index in [4.69, 9.17) is 9.47 Å². The van der Waals surface area contributed by atoms with Crippen molar-refractivity contribution in [3.8, 4) is 5.75 Å². The van der Waals surface area contributed by atoms with Crippen molar-refractivity contribution in [3.05, 3.63) is 35.9 Å². The Kier molecular flexibility index (Phi) is 5.70. The second-order valence-corrected chi connectivity index (χ2v) is 10.3. The summed E-state index contributed by atoms with van der Waals surface area (Å²) in [5.41, 5.74) is 2.17. The molecule has 2 aliphatic carbocycles. The molecular weight excluding hydrogens is 404 g/mol. The van der Waals surface area contributed by atoms with Gasteiger partial charge in [0, 0.05) is 50.5 Å². The van der Waals surface area contributed by atoms with Crippen molar-refractivity contribution in [1.82, 2.24) is 4.90 Å². The number of esters is 1. The van der Waals surface area contributed by atoms with Gasteiger partial charge in [-0.1, -0.05) is 37.6 Å². The van der Waals surface area contributed by atoms with Crippen molar-refractivity contribution in [2.75, 3.05) is 44.7 Å². The molecule has 0 amide bonds. The highest BCUT2D eigenvalue weighted by Gasteiger charge is 2.59. The number of aliphatic hydroxyl groups is 1. The molecule has 2 saturated heterocycles. The Morgan fingerprint density at radius 2 is 1.97 bits per heavy atom. The Hall–Kier alpha value is -2.05. The molecular formula is C26H36N2O4. The number of ether oxygens (including phenoxy) is 2. The number of carbonyl (C=O) groups is 1. The van der Waals surface area contributed by atoms with E-state index in [1.165, 1.54) is 5.57 Å².